The summed E-state index contributed by atoms with van der Waals surface area (Å²) in [7, 11) is 0. The van der Waals surface area contributed by atoms with Gasteiger partial charge in [-0.25, -0.2) is 4.79 Å². The number of carbonyl (C=O) groups is 1. The fraction of sp³-hybridized carbons (Fsp3) is 0.800. The van der Waals surface area contributed by atoms with Crippen LogP contribution in [0.15, 0.2) is 0 Å². The molecule has 0 N–H and O–H groups in total. The lowest BCUT2D eigenvalue weighted by Crippen LogP contribution is -2.20. The van der Waals surface area contributed by atoms with Crippen LogP contribution in [0.5, 0.6) is 0 Å². The molecule has 2 fully saturated rings. The summed E-state index contributed by atoms with van der Waals surface area (Å²) in [6.07, 6.45) is 0.899. The van der Waals surface area contributed by atoms with Gasteiger partial charge in [-0.05, 0) is 0 Å². The van der Waals surface area contributed by atoms with Gasteiger partial charge in [-0.15, -0.1) is 0 Å². The molecule has 2 unspecified atom stereocenters. The van der Waals surface area contributed by atoms with Crippen molar-refractivity contribution >= 4 is 5.97 Å². The van der Waals surface area contributed by atoms with E-state index in [1.165, 1.54) is 0 Å². The average Bonchev–Trinajstić information content (AvgIpc) is 2.45. The summed E-state index contributed by atoms with van der Waals surface area (Å²) in [4.78, 5) is 10.5. The van der Waals surface area contributed by atoms with Gasteiger partial charge in [0.2, 0.25) is 0 Å². The first-order chi connectivity index (χ1) is 3.88. The van der Waals surface area contributed by atoms with Crippen LogP contribution in [0.4, 0.5) is 0 Å². The van der Waals surface area contributed by atoms with E-state index in [0.29, 0.717) is 6.61 Å². The summed E-state index contributed by atoms with van der Waals surface area (Å²) in [5.74, 6) is -0.179. The van der Waals surface area contributed by atoms with Gasteiger partial charge in [-0.2, -0.15) is 0 Å². The second kappa shape index (κ2) is 1.23. The lowest BCUT2D eigenvalue weighted by Gasteiger charge is -2.03. The normalized spacial score (nSPS) is 42.8. The van der Waals surface area contributed by atoms with E-state index >= 15 is 0 Å². The second-order valence-corrected chi connectivity index (χ2v) is 2.05. The summed E-state index contributed by atoms with van der Waals surface area (Å²) >= 11 is 0. The van der Waals surface area contributed by atoms with E-state index < -0.39 is 0 Å². The van der Waals surface area contributed by atoms with Gasteiger partial charge in [0.1, 0.15) is 0 Å². The number of esters is 1. The van der Waals surface area contributed by atoms with Crippen LogP contribution >= 0.6 is 0 Å². The van der Waals surface area contributed by atoms with Crippen molar-refractivity contribution in [2.75, 3.05) is 6.61 Å². The summed E-state index contributed by atoms with van der Waals surface area (Å²) in [6, 6.07) is 0. The van der Waals surface area contributed by atoms with Crippen molar-refractivity contribution in [3.8, 4) is 0 Å². The number of carbonyl (C=O) groups excluding carboxylic acids is 1. The zero-order chi connectivity index (χ0) is 5.56. The number of cyclic esters (lactones) is 1. The fourth-order valence-electron chi connectivity index (χ4n) is 0.928. The highest BCUT2D eigenvalue weighted by molar-refractivity contribution is 5.78. The Kier molecular flexibility index (Phi) is 0.663. The monoisotopic (exact) mass is 114 g/mol. The number of hydrogen-bond donors (Lipinski definition) is 0. The summed E-state index contributed by atoms with van der Waals surface area (Å²) in [5, 5.41) is 0. The van der Waals surface area contributed by atoms with Crippen molar-refractivity contribution in [3.63, 3.8) is 0 Å². The third kappa shape index (κ3) is 0.448. The Bertz CT molecular complexity index is 132. The molecule has 2 aliphatic rings. The van der Waals surface area contributed by atoms with Gasteiger partial charge in [-0.3, -0.25) is 0 Å². The minimum atomic E-state index is -0.191. The first-order valence-electron chi connectivity index (χ1n) is 2.70. The van der Waals surface area contributed by atoms with Crippen molar-refractivity contribution in [2.24, 2.45) is 0 Å². The van der Waals surface area contributed by atoms with Gasteiger partial charge in [0, 0.05) is 6.42 Å². The van der Waals surface area contributed by atoms with Gasteiger partial charge in [-0.1, -0.05) is 0 Å². The highest BCUT2D eigenvalue weighted by Gasteiger charge is 2.48. The summed E-state index contributed by atoms with van der Waals surface area (Å²) < 4.78 is 9.58. The zero-order valence-electron chi connectivity index (χ0n) is 4.29. The fourth-order valence-corrected chi connectivity index (χ4v) is 0.928. The Morgan fingerprint density at radius 3 is 3.12 bits per heavy atom. The van der Waals surface area contributed by atoms with Gasteiger partial charge in [0.25, 0.3) is 0 Å². The van der Waals surface area contributed by atoms with Crippen molar-refractivity contribution < 1.29 is 14.3 Å². The average molecular weight is 114 g/mol. The molecule has 8 heavy (non-hydrogen) atoms. The van der Waals surface area contributed by atoms with Crippen LogP contribution in [-0.2, 0) is 14.3 Å². The molecule has 2 aliphatic heterocycles. The summed E-state index contributed by atoms with van der Waals surface area (Å²) in [5.41, 5.74) is 0. The molecule has 0 radical (unpaired) electrons. The van der Waals surface area contributed by atoms with E-state index in [-0.39, 0.29) is 18.2 Å². The maximum atomic E-state index is 10.5. The van der Waals surface area contributed by atoms with E-state index in [1.54, 1.807) is 0 Å². The molecule has 0 aromatic rings. The molecule has 0 spiro atoms. The number of hydrogen-bond acceptors (Lipinski definition) is 3. The van der Waals surface area contributed by atoms with Crippen LogP contribution < -0.4 is 0 Å². The molecule has 0 aliphatic carbocycles. The first-order valence-corrected chi connectivity index (χ1v) is 2.70. The first kappa shape index (κ1) is 4.32. The van der Waals surface area contributed by atoms with Crippen LogP contribution in [0.2, 0.25) is 0 Å². The number of rotatable bonds is 0. The minimum Gasteiger partial charge on any atom is -0.464 e. The van der Waals surface area contributed by atoms with E-state index in [2.05, 4.69) is 4.74 Å². The molecule has 2 rings (SSSR count). The molecule has 0 bridgehead atoms. The van der Waals surface area contributed by atoms with Crippen molar-refractivity contribution in [1.29, 1.82) is 0 Å². The summed E-state index contributed by atoms with van der Waals surface area (Å²) in [6.45, 7) is 0.542. The highest BCUT2D eigenvalue weighted by Crippen LogP contribution is 2.29. The molecule has 2 heterocycles. The third-order valence-electron chi connectivity index (χ3n) is 1.46. The van der Waals surface area contributed by atoms with E-state index in [1.807, 2.05) is 0 Å². The molecule has 0 aromatic carbocycles. The van der Waals surface area contributed by atoms with E-state index in [9.17, 15) is 4.79 Å². The molecule has 0 amide bonds. The molecule has 3 heteroatoms. The molecular formula is C5H6O3. The third-order valence-corrected chi connectivity index (χ3v) is 1.46. The Morgan fingerprint density at radius 1 is 1.62 bits per heavy atom. The van der Waals surface area contributed by atoms with Crippen molar-refractivity contribution in [1.82, 2.24) is 0 Å². The molecule has 0 saturated carbocycles. The number of epoxide rings is 1. The van der Waals surface area contributed by atoms with Gasteiger partial charge in [0.15, 0.2) is 6.10 Å². The van der Waals surface area contributed by atoms with E-state index in [4.69, 9.17) is 4.74 Å². The smallest absolute Gasteiger partial charge is 0.338 e. The Hall–Kier alpha value is -0.570. The number of ether oxygens (including phenoxy) is 2. The molecule has 44 valence electrons. The van der Waals surface area contributed by atoms with Crippen LogP contribution in [0.1, 0.15) is 6.42 Å². The Morgan fingerprint density at radius 2 is 2.50 bits per heavy atom. The highest BCUT2D eigenvalue weighted by atomic mass is 16.6. The molecule has 0 aromatic heterocycles. The molecule has 2 saturated heterocycles. The predicted molar refractivity (Wildman–Crippen MR) is 24.2 cm³/mol. The van der Waals surface area contributed by atoms with Crippen LogP contribution in [0.3, 0.4) is 0 Å². The largest absolute Gasteiger partial charge is 0.464 e. The molecule has 3 nitrogen and oxygen atoms in total. The minimum absolute atomic E-state index is 0.179. The van der Waals surface area contributed by atoms with Crippen LogP contribution in [-0.4, -0.2) is 24.8 Å². The number of fused-ring (bicyclic) bond motifs is 1. The van der Waals surface area contributed by atoms with Crippen LogP contribution in [0, 0.1) is 0 Å². The standard InChI is InChI=1S/C5H6O3/c6-5-4-3(8-4)1-2-7-5/h3-4H,1-2H2. The van der Waals surface area contributed by atoms with Gasteiger partial charge in [0.05, 0.1) is 12.7 Å². The Balaban J connectivity index is 2.08. The quantitative estimate of drug-likeness (QED) is 0.320. The predicted octanol–water partition coefficient (Wildman–Crippen LogP) is -0.299. The molecular weight excluding hydrogens is 108 g/mol. The van der Waals surface area contributed by atoms with Crippen molar-refractivity contribution in [3.05, 3.63) is 0 Å². The Labute approximate surface area is 46.6 Å². The maximum Gasteiger partial charge on any atom is 0.338 e. The lowest BCUT2D eigenvalue weighted by atomic mass is 10.2. The van der Waals surface area contributed by atoms with Gasteiger partial charge >= 0.3 is 5.97 Å². The maximum absolute atomic E-state index is 10.5. The zero-order valence-corrected chi connectivity index (χ0v) is 4.29. The van der Waals surface area contributed by atoms with Crippen LogP contribution in [0.25, 0.3) is 0 Å². The SMILES string of the molecule is O=C1OCCC2OC12. The molecule has 2 atom stereocenters. The van der Waals surface area contributed by atoms with Crippen molar-refractivity contribution in [2.45, 2.75) is 18.6 Å². The van der Waals surface area contributed by atoms with E-state index in [0.717, 1.165) is 6.42 Å². The topological polar surface area (TPSA) is 38.8 Å². The lowest BCUT2D eigenvalue weighted by molar-refractivity contribution is -0.146. The second-order valence-electron chi connectivity index (χ2n) is 2.05. The van der Waals surface area contributed by atoms with Gasteiger partial charge < -0.3 is 9.47 Å².